The minimum atomic E-state index is -0.745. The van der Waals surface area contributed by atoms with Crippen molar-refractivity contribution in [2.75, 3.05) is 0 Å². The summed E-state index contributed by atoms with van der Waals surface area (Å²) in [4.78, 5) is 0. The van der Waals surface area contributed by atoms with Gasteiger partial charge in [0.15, 0.2) is 0 Å². The summed E-state index contributed by atoms with van der Waals surface area (Å²) in [6.07, 6.45) is 3.23. The maximum Gasteiger partial charge on any atom is 0.129 e. The van der Waals surface area contributed by atoms with Crippen molar-refractivity contribution in [2.45, 2.75) is 50.8 Å². The molecule has 0 aromatic heterocycles. The van der Waals surface area contributed by atoms with Crippen LogP contribution in [0, 0.1) is 5.82 Å². The summed E-state index contributed by atoms with van der Waals surface area (Å²) in [5.41, 5.74) is 0.379. The summed E-state index contributed by atoms with van der Waals surface area (Å²) in [5.74, 6) is -0.338. The number of rotatable bonds is 3. The lowest BCUT2D eigenvalue weighted by Gasteiger charge is -2.30. The van der Waals surface area contributed by atoms with Gasteiger partial charge in [0.25, 0.3) is 0 Å². The molecule has 1 aromatic carbocycles. The van der Waals surface area contributed by atoms with Gasteiger partial charge in [0.05, 0.1) is 6.10 Å². The van der Waals surface area contributed by atoms with Crippen molar-refractivity contribution in [1.29, 1.82) is 0 Å². The third-order valence-corrected chi connectivity index (χ3v) is 4.03. The first-order valence-electron chi connectivity index (χ1n) is 6.45. The van der Waals surface area contributed by atoms with Gasteiger partial charge in [-0.25, -0.2) is 4.39 Å². The van der Waals surface area contributed by atoms with Crippen LogP contribution in [-0.2, 0) is 0 Å². The molecule has 1 fully saturated rings. The van der Waals surface area contributed by atoms with Gasteiger partial charge in [0, 0.05) is 22.1 Å². The molecule has 4 heteroatoms. The van der Waals surface area contributed by atoms with Crippen LogP contribution >= 0.6 is 15.9 Å². The average Bonchev–Trinajstić information content (AvgIpc) is 2.32. The second-order valence-corrected chi connectivity index (χ2v) is 6.03. The van der Waals surface area contributed by atoms with E-state index in [1.807, 2.05) is 0 Å². The quantitative estimate of drug-likeness (QED) is 0.894. The van der Waals surface area contributed by atoms with Crippen molar-refractivity contribution in [1.82, 2.24) is 5.32 Å². The van der Waals surface area contributed by atoms with Gasteiger partial charge in [0.2, 0.25) is 0 Å². The molecule has 0 bridgehead atoms. The topological polar surface area (TPSA) is 32.3 Å². The predicted molar refractivity (Wildman–Crippen MR) is 73.9 cm³/mol. The van der Waals surface area contributed by atoms with Crippen molar-refractivity contribution in [3.8, 4) is 0 Å². The Hall–Kier alpha value is -0.450. The Kier molecular flexibility index (Phi) is 4.76. The van der Waals surface area contributed by atoms with Crippen LogP contribution in [0.5, 0.6) is 0 Å². The normalized spacial score (nSPS) is 26.0. The molecule has 2 nitrogen and oxygen atoms in total. The molecule has 100 valence electrons. The molecule has 0 aliphatic carbocycles. The first-order chi connectivity index (χ1) is 8.56. The standard InChI is InChI=1S/C14H19BrFNO/c1-9-3-2-4-11(17-9)8-14(18)12-7-10(15)5-6-13(12)16/h5-7,9,11,14,17-18H,2-4,8H2,1H3. The molecular weight excluding hydrogens is 297 g/mol. The third-order valence-electron chi connectivity index (χ3n) is 3.53. The van der Waals surface area contributed by atoms with Gasteiger partial charge in [-0.05, 0) is 44.4 Å². The third kappa shape index (κ3) is 3.53. The van der Waals surface area contributed by atoms with E-state index in [9.17, 15) is 9.50 Å². The first kappa shape index (κ1) is 14.0. The molecule has 0 spiro atoms. The summed E-state index contributed by atoms with van der Waals surface area (Å²) in [7, 11) is 0. The molecule has 2 N–H and O–H groups in total. The van der Waals surface area contributed by atoms with Gasteiger partial charge in [0.1, 0.15) is 5.82 Å². The van der Waals surface area contributed by atoms with Crippen LogP contribution < -0.4 is 5.32 Å². The number of nitrogens with one attached hydrogen (secondary N) is 1. The van der Waals surface area contributed by atoms with E-state index >= 15 is 0 Å². The van der Waals surface area contributed by atoms with Crippen LogP contribution in [0.1, 0.15) is 44.3 Å². The minimum Gasteiger partial charge on any atom is -0.388 e. The van der Waals surface area contributed by atoms with Gasteiger partial charge in [-0.2, -0.15) is 0 Å². The summed E-state index contributed by atoms with van der Waals surface area (Å²) in [5, 5.41) is 13.6. The van der Waals surface area contributed by atoms with Gasteiger partial charge in [-0.15, -0.1) is 0 Å². The lowest BCUT2D eigenvalue weighted by atomic mass is 9.93. The van der Waals surface area contributed by atoms with Gasteiger partial charge in [-0.3, -0.25) is 0 Å². The molecule has 0 saturated carbocycles. The Bertz CT molecular complexity index is 413. The zero-order valence-electron chi connectivity index (χ0n) is 10.5. The number of hydrogen-bond donors (Lipinski definition) is 2. The molecule has 3 unspecified atom stereocenters. The zero-order chi connectivity index (χ0) is 13.1. The fraction of sp³-hybridized carbons (Fsp3) is 0.571. The van der Waals surface area contributed by atoms with E-state index in [0.29, 0.717) is 18.0 Å². The molecule has 1 heterocycles. The van der Waals surface area contributed by atoms with Crippen LogP contribution in [0.4, 0.5) is 4.39 Å². The molecule has 0 radical (unpaired) electrons. The molecule has 1 aliphatic rings. The van der Waals surface area contributed by atoms with Gasteiger partial charge in [-0.1, -0.05) is 22.4 Å². The van der Waals surface area contributed by atoms with E-state index in [4.69, 9.17) is 0 Å². The molecule has 3 atom stereocenters. The smallest absolute Gasteiger partial charge is 0.129 e. The Morgan fingerprint density at radius 1 is 1.50 bits per heavy atom. The van der Waals surface area contributed by atoms with Gasteiger partial charge >= 0.3 is 0 Å². The minimum absolute atomic E-state index is 0.280. The van der Waals surface area contributed by atoms with Crippen molar-refractivity contribution >= 4 is 15.9 Å². The summed E-state index contributed by atoms with van der Waals surface area (Å²) in [6.45, 7) is 2.15. The lowest BCUT2D eigenvalue weighted by Crippen LogP contribution is -2.41. The number of piperidine rings is 1. The molecule has 18 heavy (non-hydrogen) atoms. The monoisotopic (exact) mass is 315 g/mol. The van der Waals surface area contributed by atoms with Crippen molar-refractivity contribution < 1.29 is 9.50 Å². The van der Waals surface area contributed by atoms with E-state index in [1.54, 1.807) is 12.1 Å². The van der Waals surface area contributed by atoms with E-state index in [-0.39, 0.29) is 11.9 Å². The van der Waals surface area contributed by atoms with Crippen LogP contribution in [0.25, 0.3) is 0 Å². The fourth-order valence-electron chi connectivity index (χ4n) is 2.59. The van der Waals surface area contributed by atoms with Crippen molar-refractivity contribution in [3.63, 3.8) is 0 Å². The maximum absolute atomic E-state index is 13.6. The van der Waals surface area contributed by atoms with E-state index < -0.39 is 6.10 Å². The fourth-order valence-corrected chi connectivity index (χ4v) is 2.97. The number of aliphatic hydroxyl groups is 1. The largest absolute Gasteiger partial charge is 0.388 e. The summed E-state index contributed by atoms with van der Waals surface area (Å²) >= 11 is 3.31. The molecule has 1 aliphatic heterocycles. The van der Waals surface area contributed by atoms with Crippen LogP contribution in [0.3, 0.4) is 0 Å². The molecule has 1 saturated heterocycles. The second-order valence-electron chi connectivity index (χ2n) is 5.11. The average molecular weight is 316 g/mol. The van der Waals surface area contributed by atoms with Crippen LogP contribution in [-0.4, -0.2) is 17.2 Å². The number of aliphatic hydroxyl groups excluding tert-OH is 1. The van der Waals surface area contributed by atoms with E-state index in [0.717, 1.165) is 10.9 Å². The first-order valence-corrected chi connectivity index (χ1v) is 7.24. The van der Waals surface area contributed by atoms with E-state index in [1.165, 1.54) is 18.9 Å². The highest BCUT2D eigenvalue weighted by atomic mass is 79.9. The predicted octanol–water partition coefficient (Wildman–Crippen LogP) is 3.54. The highest BCUT2D eigenvalue weighted by molar-refractivity contribution is 9.10. The summed E-state index contributed by atoms with van der Waals surface area (Å²) < 4.78 is 14.4. The Balaban J connectivity index is 2.02. The number of halogens is 2. The SMILES string of the molecule is CC1CCCC(CC(O)c2cc(Br)ccc2F)N1. The Morgan fingerprint density at radius 3 is 3.00 bits per heavy atom. The molecular formula is C14H19BrFNO. The van der Waals surface area contributed by atoms with Crippen molar-refractivity contribution in [2.24, 2.45) is 0 Å². The molecule has 0 amide bonds. The maximum atomic E-state index is 13.6. The van der Waals surface area contributed by atoms with Crippen molar-refractivity contribution in [3.05, 3.63) is 34.1 Å². The second kappa shape index (κ2) is 6.13. The number of benzene rings is 1. The highest BCUT2D eigenvalue weighted by Crippen LogP contribution is 2.27. The molecule has 1 aromatic rings. The zero-order valence-corrected chi connectivity index (χ0v) is 12.1. The van der Waals surface area contributed by atoms with Crippen LogP contribution in [0.15, 0.2) is 22.7 Å². The van der Waals surface area contributed by atoms with E-state index in [2.05, 4.69) is 28.2 Å². The van der Waals surface area contributed by atoms with Gasteiger partial charge < -0.3 is 10.4 Å². The van der Waals surface area contributed by atoms with Crippen LogP contribution in [0.2, 0.25) is 0 Å². The number of hydrogen-bond acceptors (Lipinski definition) is 2. The Labute approximate surface area is 116 Å². The Morgan fingerprint density at radius 2 is 2.28 bits per heavy atom. The lowest BCUT2D eigenvalue weighted by molar-refractivity contribution is 0.135. The summed E-state index contributed by atoms with van der Waals surface area (Å²) in [6, 6.07) is 5.46. The highest BCUT2D eigenvalue weighted by Gasteiger charge is 2.22. The molecule has 2 rings (SSSR count).